The van der Waals surface area contributed by atoms with E-state index in [1.165, 1.54) is 0 Å². The van der Waals surface area contributed by atoms with Crippen molar-refractivity contribution in [2.24, 2.45) is 0 Å². The van der Waals surface area contributed by atoms with Crippen molar-refractivity contribution in [1.82, 2.24) is 0 Å². The van der Waals surface area contributed by atoms with Crippen LogP contribution < -0.4 is 0 Å². The summed E-state index contributed by atoms with van der Waals surface area (Å²) in [7, 11) is 4.67. The maximum Gasteiger partial charge on any atom is 0 e. The predicted molar refractivity (Wildman–Crippen MR) is 25.2 cm³/mol. The second-order valence-corrected chi connectivity index (χ2v) is 0. The first-order valence-electron chi connectivity index (χ1n) is 0.333. The van der Waals surface area contributed by atoms with Crippen LogP contribution in [0, 0.1) is 0 Å². The van der Waals surface area contributed by atoms with Gasteiger partial charge in [0.25, 0.3) is 0 Å². The van der Waals surface area contributed by atoms with Crippen LogP contribution in [-0.2, 0) is 32.7 Å². The Morgan fingerprint density at radius 2 is 1.00 bits per heavy atom. The molecule has 4 heavy (non-hydrogen) atoms. The first-order chi connectivity index (χ1) is 1.00. The summed E-state index contributed by atoms with van der Waals surface area (Å²) < 4.78 is 0. The minimum absolute atomic E-state index is 0. The Bertz CT molecular complexity index is 6.00. The minimum Gasteiger partial charge on any atom is -0.118 e. The van der Waals surface area contributed by atoms with Crippen molar-refractivity contribution in [2.75, 3.05) is 0 Å². The molecule has 0 rings (SSSR count). The van der Waals surface area contributed by atoms with E-state index in [1.807, 2.05) is 0 Å². The van der Waals surface area contributed by atoms with Gasteiger partial charge in [-0.15, -0.1) is 17.9 Å². The van der Waals surface area contributed by atoms with E-state index in [-0.39, 0.29) is 62.3 Å². The van der Waals surface area contributed by atoms with Crippen molar-refractivity contribution in [2.45, 2.75) is 0 Å². The summed E-state index contributed by atoms with van der Waals surface area (Å²) in [6.45, 7) is 0. The van der Waals surface area contributed by atoms with E-state index in [0.717, 1.165) is 0 Å². The molecule has 4 heteroatoms. The van der Waals surface area contributed by atoms with Crippen LogP contribution in [0.5, 0.6) is 0 Å². The average molecular weight is 178 g/mol. The van der Waals surface area contributed by atoms with Crippen LogP contribution in [0.15, 0.2) is 0 Å². The zero-order valence-corrected chi connectivity index (χ0v) is 9.88. The van der Waals surface area contributed by atoms with Crippen LogP contribution in [0.2, 0.25) is 0 Å². The van der Waals surface area contributed by atoms with E-state index in [0.29, 0.717) is 0 Å². The first-order valence-corrected chi connectivity index (χ1v) is 3.00. The van der Waals surface area contributed by atoms with Crippen LogP contribution in [0.4, 0.5) is 0 Å². The number of hydrogen-bond donors (Lipinski definition) is 0. The normalized spacial score (nSPS) is 1.50. The molecular weight excluding hydrogens is 174 g/mol. The topological polar surface area (TPSA) is 0 Å². The zero-order chi connectivity index (χ0) is 2.00. The predicted octanol–water partition coefficient (Wildman–Crippen LogP) is 0.268. The fourth-order valence-electron chi connectivity index (χ4n) is 0. The summed E-state index contributed by atoms with van der Waals surface area (Å²) in [5.41, 5.74) is 0. The van der Waals surface area contributed by atoms with Crippen LogP contribution in [0.25, 0.3) is 0 Å². The second kappa shape index (κ2) is 16.7. The van der Waals surface area contributed by atoms with Crippen molar-refractivity contribution in [3.63, 3.8) is 0 Å². The third kappa shape index (κ3) is 8.88. The second-order valence-electron chi connectivity index (χ2n) is 0. The molecule has 0 aliphatic rings. The summed E-state index contributed by atoms with van der Waals surface area (Å²) in [6, 6.07) is 0. The zero-order valence-electron chi connectivity index (χ0n) is 2.73. The molecule has 2 radical (unpaired) electrons. The smallest absolute Gasteiger partial charge is 0 e. The van der Waals surface area contributed by atoms with Gasteiger partial charge in [-0.25, -0.2) is 0 Å². The molecule has 0 aromatic heterocycles. The molecule has 2 unspecified atom stereocenters. The molecule has 0 saturated carbocycles. The molecular formula is H4NaP2Y. The number of rotatable bonds is 0. The summed E-state index contributed by atoms with van der Waals surface area (Å²) in [4.78, 5) is 0. The molecule has 0 amide bonds. The summed E-state index contributed by atoms with van der Waals surface area (Å²) in [5.74, 6) is 0. The van der Waals surface area contributed by atoms with E-state index in [4.69, 9.17) is 0 Å². The quantitative estimate of drug-likeness (QED) is 0.368. The molecule has 0 heterocycles. The van der Waals surface area contributed by atoms with E-state index in [2.05, 4.69) is 17.9 Å². The molecule has 0 aliphatic carbocycles. The molecule has 2 atom stereocenters. The van der Waals surface area contributed by atoms with Crippen LogP contribution >= 0.6 is 17.9 Å². The molecule has 0 saturated heterocycles. The largest absolute Gasteiger partial charge is 0.118 e. The van der Waals surface area contributed by atoms with E-state index < -0.39 is 0 Å². The van der Waals surface area contributed by atoms with Gasteiger partial charge in [0.1, 0.15) is 0 Å². The van der Waals surface area contributed by atoms with Gasteiger partial charge in [0, 0.05) is 62.3 Å². The molecule has 0 aromatic rings. The molecule has 0 bridgehead atoms. The Balaban J connectivity index is -0.00000000500. The number of hydrogen-bond acceptors (Lipinski definition) is 0. The van der Waals surface area contributed by atoms with Gasteiger partial charge in [-0.3, -0.25) is 0 Å². The molecule has 18 valence electrons. The Morgan fingerprint density at radius 1 is 1.00 bits per heavy atom. The molecule has 0 fully saturated rings. The van der Waals surface area contributed by atoms with Crippen molar-refractivity contribution in [1.29, 1.82) is 0 Å². The van der Waals surface area contributed by atoms with Crippen molar-refractivity contribution >= 4 is 47.4 Å². The van der Waals surface area contributed by atoms with Gasteiger partial charge in [0.15, 0.2) is 0 Å². The third-order valence-electron chi connectivity index (χ3n) is 0. The maximum atomic E-state index is 2.33. The van der Waals surface area contributed by atoms with Crippen molar-refractivity contribution in [3.05, 3.63) is 0 Å². The van der Waals surface area contributed by atoms with Crippen LogP contribution in [-0.4, -0.2) is 29.6 Å². The molecule has 0 aliphatic heterocycles. The minimum atomic E-state index is 0. The Morgan fingerprint density at radius 3 is 1.00 bits per heavy atom. The average Bonchev–Trinajstić information content (AvgIpc) is 1.00. The van der Waals surface area contributed by atoms with E-state index >= 15 is 0 Å². The van der Waals surface area contributed by atoms with Crippen molar-refractivity contribution in [3.8, 4) is 0 Å². The molecule has 0 aromatic carbocycles. The summed E-state index contributed by atoms with van der Waals surface area (Å²) in [5, 5.41) is 0. The van der Waals surface area contributed by atoms with Crippen LogP contribution in [0.3, 0.4) is 0 Å². The van der Waals surface area contributed by atoms with Gasteiger partial charge in [0.2, 0.25) is 0 Å². The van der Waals surface area contributed by atoms with E-state index in [1.54, 1.807) is 0 Å². The maximum absolute atomic E-state index is 2.33. The monoisotopic (exact) mass is 178 g/mol. The Kier molecular flexibility index (Phi) is 65.9. The first kappa shape index (κ1) is 15.8. The van der Waals surface area contributed by atoms with Gasteiger partial charge in [-0.05, 0) is 0 Å². The van der Waals surface area contributed by atoms with Crippen LogP contribution in [0.1, 0.15) is 0 Å². The Labute approximate surface area is 78.7 Å². The van der Waals surface area contributed by atoms with Gasteiger partial charge in [-0.2, -0.15) is 0 Å². The fraction of sp³-hybridized carbons (Fsp3) is 0. The van der Waals surface area contributed by atoms with E-state index in [9.17, 15) is 0 Å². The summed E-state index contributed by atoms with van der Waals surface area (Å²) >= 11 is 0. The third-order valence-corrected chi connectivity index (χ3v) is 0. The van der Waals surface area contributed by atoms with Gasteiger partial charge < -0.3 is 0 Å². The standard InChI is InChI=1S/Na.H4P2.Y/c;1-2;/h;1-2H2;. The molecule has 0 nitrogen and oxygen atoms in total. The Hall–Kier alpha value is 2.96. The van der Waals surface area contributed by atoms with Gasteiger partial charge >= 0.3 is 0 Å². The fourth-order valence-corrected chi connectivity index (χ4v) is 0. The van der Waals surface area contributed by atoms with Crippen molar-refractivity contribution < 1.29 is 32.7 Å². The molecule has 0 spiro atoms. The summed E-state index contributed by atoms with van der Waals surface area (Å²) in [6.07, 6.45) is 0. The van der Waals surface area contributed by atoms with Gasteiger partial charge in [-0.1, -0.05) is 0 Å². The SMILES string of the molecule is PP.[Na].[Y]. The molecule has 0 N–H and O–H groups in total. The van der Waals surface area contributed by atoms with Gasteiger partial charge in [0.05, 0.1) is 0 Å².